The van der Waals surface area contributed by atoms with E-state index < -0.39 is 108 Å². The van der Waals surface area contributed by atoms with Crippen LogP contribution >= 0.6 is 0 Å². The van der Waals surface area contributed by atoms with Crippen LogP contribution in [0, 0.1) is 0 Å². The van der Waals surface area contributed by atoms with Gasteiger partial charge < -0.3 is 74.4 Å². The second-order valence-corrected chi connectivity index (χ2v) is 9.76. The highest BCUT2D eigenvalue weighted by Gasteiger charge is 2.46. The van der Waals surface area contributed by atoms with E-state index >= 15 is 0 Å². The van der Waals surface area contributed by atoms with Gasteiger partial charge in [-0.25, -0.2) is 0 Å². The van der Waals surface area contributed by atoms with E-state index in [2.05, 4.69) is 0 Å². The molecular weight excluding hydrogens is 568 g/mol. The van der Waals surface area contributed by atoms with Gasteiger partial charge in [0.1, 0.15) is 59.6 Å². The first kappa shape index (κ1) is 29.8. The number of rotatable bonds is 6. The number of phenolic OH excluding ortho intramolecular Hbond substituents is 3. The maximum absolute atomic E-state index is 13.3. The van der Waals surface area contributed by atoms with Gasteiger partial charge in [0.05, 0.1) is 13.2 Å². The fourth-order valence-electron chi connectivity index (χ4n) is 4.58. The van der Waals surface area contributed by atoms with Crippen molar-refractivity contribution < 1.29 is 74.4 Å². The van der Waals surface area contributed by atoms with E-state index in [1.807, 2.05) is 0 Å². The van der Waals surface area contributed by atoms with Gasteiger partial charge in [-0.3, -0.25) is 4.79 Å². The van der Waals surface area contributed by atoms with Crippen LogP contribution in [-0.4, -0.2) is 120 Å². The number of aliphatic hydroxyl groups excluding tert-OH is 7. The van der Waals surface area contributed by atoms with Crippen molar-refractivity contribution in [2.75, 3.05) is 13.2 Å². The van der Waals surface area contributed by atoms with Crippen LogP contribution in [0.15, 0.2) is 39.5 Å². The normalized spacial score (nSPS) is 31.6. The Kier molecular flexibility index (Phi) is 8.17. The molecule has 2 aromatic carbocycles. The lowest BCUT2D eigenvalue weighted by Gasteiger charge is -2.39. The summed E-state index contributed by atoms with van der Waals surface area (Å²) in [6.07, 6.45) is -15.8. The summed E-state index contributed by atoms with van der Waals surface area (Å²) in [4.78, 5) is 13.3. The summed E-state index contributed by atoms with van der Waals surface area (Å²) in [6, 6.07) is 6.38. The summed E-state index contributed by atoms with van der Waals surface area (Å²) >= 11 is 0. The molecule has 42 heavy (non-hydrogen) atoms. The van der Waals surface area contributed by atoms with Crippen LogP contribution in [0.4, 0.5) is 0 Å². The number of hydrogen-bond donors (Lipinski definition) is 10. The van der Waals surface area contributed by atoms with Crippen LogP contribution in [0.3, 0.4) is 0 Å². The van der Waals surface area contributed by atoms with E-state index in [4.69, 9.17) is 23.4 Å². The quantitative estimate of drug-likeness (QED) is 0.142. The number of phenols is 3. The molecule has 3 aromatic rings. The molecular formula is C26H28O16. The minimum atomic E-state index is -1.97. The summed E-state index contributed by atoms with van der Waals surface area (Å²) in [5.74, 6) is -3.99. The minimum absolute atomic E-state index is 0.0876. The second-order valence-electron chi connectivity index (χ2n) is 9.76. The Balaban J connectivity index is 1.66. The Bertz CT molecular complexity index is 1490. The average Bonchev–Trinajstić information content (AvgIpc) is 2.97. The highest BCUT2D eigenvalue weighted by atomic mass is 16.7. The van der Waals surface area contributed by atoms with Crippen molar-refractivity contribution >= 4 is 11.0 Å². The van der Waals surface area contributed by atoms with Crippen molar-refractivity contribution in [2.24, 2.45) is 0 Å². The lowest BCUT2D eigenvalue weighted by Crippen LogP contribution is -2.60. The fourth-order valence-corrected chi connectivity index (χ4v) is 4.58. The lowest BCUT2D eigenvalue weighted by molar-refractivity contribution is -0.277. The van der Waals surface area contributed by atoms with Crippen molar-refractivity contribution in [3.8, 4) is 40.1 Å². The van der Waals surface area contributed by atoms with Gasteiger partial charge in [0, 0.05) is 11.6 Å². The van der Waals surface area contributed by atoms with Gasteiger partial charge in [0.15, 0.2) is 16.8 Å². The van der Waals surface area contributed by atoms with E-state index in [0.717, 1.165) is 6.07 Å². The Morgan fingerprint density at radius 1 is 0.786 bits per heavy atom. The molecule has 2 aliphatic rings. The van der Waals surface area contributed by atoms with Gasteiger partial charge in [-0.2, -0.15) is 0 Å². The van der Waals surface area contributed by atoms with Crippen molar-refractivity contribution in [1.82, 2.24) is 0 Å². The molecule has 9 atom stereocenters. The zero-order valence-corrected chi connectivity index (χ0v) is 21.4. The molecule has 0 saturated carbocycles. The second kappa shape index (κ2) is 11.5. The smallest absolute Gasteiger partial charge is 0.229 e. The van der Waals surface area contributed by atoms with Crippen LogP contribution in [-0.2, 0) is 9.47 Å². The van der Waals surface area contributed by atoms with Gasteiger partial charge in [-0.15, -0.1) is 0 Å². The summed E-state index contributed by atoms with van der Waals surface area (Å²) in [7, 11) is 0. The molecule has 1 aromatic heterocycles. The van der Waals surface area contributed by atoms with Crippen molar-refractivity contribution in [3.05, 3.63) is 40.6 Å². The third-order valence-electron chi connectivity index (χ3n) is 6.96. The molecule has 2 aliphatic heterocycles. The van der Waals surface area contributed by atoms with Gasteiger partial charge in [-0.1, -0.05) is 0 Å². The van der Waals surface area contributed by atoms with Crippen LogP contribution < -0.4 is 14.9 Å². The summed E-state index contributed by atoms with van der Waals surface area (Å²) < 4.78 is 27.3. The molecule has 0 amide bonds. The van der Waals surface area contributed by atoms with Crippen molar-refractivity contribution in [3.63, 3.8) is 0 Å². The molecule has 0 unspecified atom stereocenters. The van der Waals surface area contributed by atoms with E-state index in [9.17, 15) is 55.9 Å². The van der Waals surface area contributed by atoms with E-state index in [1.54, 1.807) is 0 Å². The van der Waals surface area contributed by atoms with Crippen molar-refractivity contribution in [2.45, 2.75) is 55.3 Å². The molecule has 3 heterocycles. The van der Waals surface area contributed by atoms with Gasteiger partial charge >= 0.3 is 0 Å². The topological polar surface area (TPSA) is 269 Å². The van der Waals surface area contributed by atoms with E-state index in [0.29, 0.717) is 0 Å². The lowest BCUT2D eigenvalue weighted by atomic mass is 9.99. The summed E-state index contributed by atoms with van der Waals surface area (Å²) in [6.45, 7) is -1.32. The maximum atomic E-state index is 13.3. The van der Waals surface area contributed by atoms with Crippen LogP contribution in [0.1, 0.15) is 0 Å². The molecule has 0 aliphatic carbocycles. The van der Waals surface area contributed by atoms with Crippen LogP contribution in [0.5, 0.6) is 28.7 Å². The van der Waals surface area contributed by atoms with Crippen LogP contribution in [0.25, 0.3) is 22.3 Å². The number of ether oxygens (including phenoxy) is 4. The number of benzene rings is 2. The third kappa shape index (κ3) is 5.19. The Labute approximate surface area is 235 Å². The molecule has 2 saturated heterocycles. The molecule has 10 N–H and O–H groups in total. The maximum Gasteiger partial charge on any atom is 0.229 e. The van der Waals surface area contributed by atoms with Gasteiger partial charge in [0.25, 0.3) is 0 Å². The molecule has 16 nitrogen and oxygen atoms in total. The number of aliphatic hydroxyl groups is 7. The fraction of sp³-hybridized carbons (Fsp3) is 0.423. The monoisotopic (exact) mass is 596 g/mol. The van der Waals surface area contributed by atoms with E-state index in [1.165, 1.54) is 24.3 Å². The zero-order valence-electron chi connectivity index (χ0n) is 21.4. The first-order chi connectivity index (χ1) is 19.9. The largest absolute Gasteiger partial charge is 0.508 e. The van der Waals surface area contributed by atoms with Crippen LogP contribution in [0.2, 0.25) is 0 Å². The number of fused-ring (bicyclic) bond motifs is 1. The predicted octanol–water partition coefficient (Wildman–Crippen LogP) is -2.43. The van der Waals surface area contributed by atoms with Crippen molar-refractivity contribution in [1.29, 1.82) is 0 Å². The van der Waals surface area contributed by atoms with E-state index in [-0.39, 0.29) is 17.1 Å². The SMILES string of the molecule is O=c1cc(-c2ccc(O)cc2)oc2c(O[C@H]3O[C@H](CO)[C@@H](O)[C@H](O)[C@H]3O)c(O)c(O[C@@H]3OC[C@@H](O)[C@@H](O)[C@@H]3O)c(O)c12. The minimum Gasteiger partial charge on any atom is -0.508 e. The first-order valence-electron chi connectivity index (χ1n) is 12.6. The molecule has 228 valence electrons. The molecule has 0 bridgehead atoms. The molecule has 0 spiro atoms. The summed E-state index contributed by atoms with van der Waals surface area (Å²) in [5, 5.41) is 102. The standard InChI is InChI=1S/C26H28O16/c27-6-13-16(32)18(34)20(36)26(40-13)42-24-21(37)23(41-25-19(35)15(31)11(30)7-38-25)17(33)14-10(29)5-12(39-22(14)24)8-1-3-9(28)4-2-8/h1-5,11,13,15-16,18-20,25-28,30-37H,6-7H2/t11-,13-,15-,16-,18+,19+,20-,25+,26-/m1/s1. The highest BCUT2D eigenvalue weighted by molar-refractivity contribution is 5.95. The molecule has 0 radical (unpaired) electrons. The Morgan fingerprint density at radius 3 is 2.10 bits per heavy atom. The zero-order chi connectivity index (χ0) is 30.5. The Morgan fingerprint density at radius 2 is 1.43 bits per heavy atom. The number of aromatic hydroxyl groups is 3. The predicted molar refractivity (Wildman–Crippen MR) is 136 cm³/mol. The van der Waals surface area contributed by atoms with Gasteiger partial charge in [-0.05, 0) is 24.3 Å². The highest BCUT2D eigenvalue weighted by Crippen LogP contribution is 2.51. The summed E-state index contributed by atoms with van der Waals surface area (Å²) in [5.41, 5.74) is -1.23. The number of hydrogen-bond acceptors (Lipinski definition) is 16. The molecule has 2 fully saturated rings. The molecule has 5 rings (SSSR count). The third-order valence-corrected chi connectivity index (χ3v) is 6.96. The first-order valence-corrected chi connectivity index (χ1v) is 12.6. The molecule has 16 heteroatoms. The average molecular weight is 596 g/mol. The Hall–Kier alpha value is -3.71. The van der Waals surface area contributed by atoms with Gasteiger partial charge in [0.2, 0.25) is 29.8 Å².